The molecule has 0 atom stereocenters. The van der Waals surface area contributed by atoms with Crippen LogP contribution < -0.4 is 0 Å². The van der Waals surface area contributed by atoms with Gasteiger partial charge in [-0.1, -0.05) is 66.7 Å². The molecule has 0 saturated heterocycles. The first kappa shape index (κ1) is 17.5. The van der Waals surface area contributed by atoms with E-state index in [0.717, 1.165) is 29.1 Å². The van der Waals surface area contributed by atoms with Gasteiger partial charge in [-0.15, -0.1) is 0 Å². The van der Waals surface area contributed by atoms with Gasteiger partial charge in [0.05, 0.1) is 18.0 Å². The molecule has 4 rings (SSSR count). The number of pyridine rings is 1. The van der Waals surface area contributed by atoms with Gasteiger partial charge in [0.25, 0.3) is 0 Å². The molecule has 0 aliphatic rings. The Labute approximate surface area is 159 Å². The minimum atomic E-state index is 0.129. The van der Waals surface area contributed by atoms with E-state index in [1.54, 1.807) is 0 Å². The Morgan fingerprint density at radius 3 is 2.26 bits per heavy atom. The highest BCUT2D eigenvalue weighted by atomic mass is 16.3. The molecule has 0 amide bonds. The predicted octanol–water partition coefficient (Wildman–Crippen LogP) is 4.00. The second-order valence-electron chi connectivity index (χ2n) is 6.62. The maximum Gasteiger partial charge on any atom is 0.137 e. The van der Waals surface area contributed by atoms with E-state index in [0.29, 0.717) is 13.1 Å². The van der Waals surface area contributed by atoms with E-state index in [1.807, 2.05) is 42.5 Å². The zero-order valence-corrected chi connectivity index (χ0v) is 15.2. The number of benzene rings is 2. The third-order valence-electron chi connectivity index (χ3n) is 4.71. The van der Waals surface area contributed by atoms with Gasteiger partial charge in [0.15, 0.2) is 0 Å². The van der Waals surface area contributed by atoms with Crippen molar-refractivity contribution >= 4 is 5.65 Å². The van der Waals surface area contributed by atoms with Crippen LogP contribution in [0.4, 0.5) is 0 Å². The summed E-state index contributed by atoms with van der Waals surface area (Å²) >= 11 is 0. The van der Waals surface area contributed by atoms with Crippen LogP contribution in [0.25, 0.3) is 16.9 Å². The Kier molecular flexibility index (Phi) is 5.28. The fourth-order valence-corrected chi connectivity index (χ4v) is 3.43. The van der Waals surface area contributed by atoms with Crippen molar-refractivity contribution in [1.82, 2.24) is 14.3 Å². The molecule has 27 heavy (non-hydrogen) atoms. The molecule has 2 heterocycles. The van der Waals surface area contributed by atoms with Crippen LogP contribution in [0.3, 0.4) is 0 Å². The lowest BCUT2D eigenvalue weighted by atomic mass is 10.1. The van der Waals surface area contributed by atoms with Crippen LogP contribution >= 0.6 is 0 Å². The van der Waals surface area contributed by atoms with E-state index >= 15 is 0 Å². The van der Waals surface area contributed by atoms with Crippen molar-refractivity contribution in [3.8, 4) is 11.3 Å². The van der Waals surface area contributed by atoms with Crippen LogP contribution in [0.2, 0.25) is 0 Å². The summed E-state index contributed by atoms with van der Waals surface area (Å²) < 4.78 is 2.15. The summed E-state index contributed by atoms with van der Waals surface area (Å²) in [6.45, 7) is 2.24. The second-order valence-corrected chi connectivity index (χ2v) is 6.62. The summed E-state index contributed by atoms with van der Waals surface area (Å²) in [5, 5.41) is 9.58. The highest BCUT2D eigenvalue weighted by Gasteiger charge is 2.17. The van der Waals surface area contributed by atoms with E-state index in [2.05, 4.69) is 51.9 Å². The van der Waals surface area contributed by atoms with Gasteiger partial charge in [0.1, 0.15) is 5.65 Å². The Hall–Kier alpha value is -2.95. The number of hydrogen-bond donors (Lipinski definition) is 1. The predicted molar refractivity (Wildman–Crippen MR) is 108 cm³/mol. The van der Waals surface area contributed by atoms with Gasteiger partial charge in [-0.05, 0) is 17.7 Å². The zero-order chi connectivity index (χ0) is 18.5. The molecule has 1 N–H and O–H groups in total. The monoisotopic (exact) mass is 357 g/mol. The quantitative estimate of drug-likeness (QED) is 0.544. The lowest BCUT2D eigenvalue weighted by Gasteiger charge is -2.22. The Balaban J connectivity index is 1.72. The van der Waals surface area contributed by atoms with Gasteiger partial charge in [0.2, 0.25) is 0 Å². The average Bonchev–Trinajstić information content (AvgIpc) is 3.08. The van der Waals surface area contributed by atoms with Crippen molar-refractivity contribution in [3.05, 3.63) is 96.3 Å². The molecule has 4 heteroatoms. The second kappa shape index (κ2) is 8.16. The lowest BCUT2D eigenvalue weighted by molar-refractivity contribution is 0.183. The molecule has 2 aromatic carbocycles. The third-order valence-corrected chi connectivity index (χ3v) is 4.71. The molecule has 2 aromatic heterocycles. The largest absolute Gasteiger partial charge is 0.395 e. The highest BCUT2D eigenvalue weighted by Crippen LogP contribution is 2.26. The maximum atomic E-state index is 9.58. The molecule has 0 saturated carbocycles. The first-order valence-corrected chi connectivity index (χ1v) is 9.23. The van der Waals surface area contributed by atoms with E-state index in [1.165, 1.54) is 5.56 Å². The summed E-state index contributed by atoms with van der Waals surface area (Å²) in [6, 6.07) is 26.7. The maximum absolute atomic E-state index is 9.58. The number of hydrogen-bond acceptors (Lipinski definition) is 3. The standard InChI is InChI=1S/C23H23N3O/c27-16-15-25(17-19-9-3-1-4-10-19)18-21-23(20-11-5-2-6-12-20)24-22-13-7-8-14-26(21)22/h1-14,27H,15-18H2. The normalized spacial score (nSPS) is 11.3. The number of rotatable bonds is 7. The fourth-order valence-electron chi connectivity index (χ4n) is 3.43. The SMILES string of the molecule is OCCN(Cc1ccccc1)Cc1c(-c2ccccc2)nc2ccccn12. The molecule has 4 aromatic rings. The van der Waals surface area contributed by atoms with Crippen molar-refractivity contribution in [2.75, 3.05) is 13.2 Å². The molecule has 0 bridgehead atoms. The van der Waals surface area contributed by atoms with Gasteiger partial charge in [-0.2, -0.15) is 0 Å². The summed E-state index contributed by atoms with van der Waals surface area (Å²) in [5.74, 6) is 0. The van der Waals surface area contributed by atoms with E-state index in [-0.39, 0.29) is 6.61 Å². The van der Waals surface area contributed by atoms with Crippen LogP contribution in [0.15, 0.2) is 85.1 Å². The highest BCUT2D eigenvalue weighted by molar-refractivity contribution is 5.66. The minimum absolute atomic E-state index is 0.129. The third kappa shape index (κ3) is 3.92. The van der Waals surface area contributed by atoms with E-state index in [4.69, 9.17) is 4.98 Å². The van der Waals surface area contributed by atoms with E-state index in [9.17, 15) is 5.11 Å². The van der Waals surface area contributed by atoms with Gasteiger partial charge in [-0.3, -0.25) is 4.90 Å². The van der Waals surface area contributed by atoms with Gasteiger partial charge in [-0.25, -0.2) is 4.98 Å². The van der Waals surface area contributed by atoms with Crippen molar-refractivity contribution < 1.29 is 5.11 Å². The van der Waals surface area contributed by atoms with Crippen molar-refractivity contribution in [2.45, 2.75) is 13.1 Å². The number of aromatic nitrogens is 2. The molecule has 0 radical (unpaired) electrons. The average molecular weight is 357 g/mol. The van der Waals surface area contributed by atoms with Gasteiger partial charge >= 0.3 is 0 Å². The van der Waals surface area contributed by atoms with E-state index < -0.39 is 0 Å². The van der Waals surface area contributed by atoms with Crippen molar-refractivity contribution in [3.63, 3.8) is 0 Å². The molecular weight excluding hydrogens is 334 g/mol. The van der Waals surface area contributed by atoms with Crippen molar-refractivity contribution in [2.24, 2.45) is 0 Å². The number of imidazole rings is 1. The fraction of sp³-hybridized carbons (Fsp3) is 0.174. The number of nitrogens with zero attached hydrogens (tertiary/aromatic N) is 3. The van der Waals surface area contributed by atoms with Crippen LogP contribution in [-0.4, -0.2) is 32.5 Å². The van der Waals surface area contributed by atoms with Gasteiger partial charge < -0.3 is 9.51 Å². The molecule has 0 spiro atoms. The molecule has 0 aliphatic carbocycles. The zero-order valence-electron chi connectivity index (χ0n) is 15.2. The Morgan fingerprint density at radius 2 is 1.52 bits per heavy atom. The minimum Gasteiger partial charge on any atom is -0.395 e. The molecular formula is C23H23N3O. The molecule has 4 nitrogen and oxygen atoms in total. The molecule has 0 fully saturated rings. The first-order chi connectivity index (χ1) is 13.3. The number of fused-ring (bicyclic) bond motifs is 1. The van der Waals surface area contributed by atoms with Crippen molar-refractivity contribution in [1.29, 1.82) is 0 Å². The van der Waals surface area contributed by atoms with Crippen LogP contribution in [0, 0.1) is 0 Å². The van der Waals surface area contributed by atoms with Crippen LogP contribution in [0.1, 0.15) is 11.3 Å². The molecule has 0 unspecified atom stereocenters. The summed E-state index contributed by atoms with van der Waals surface area (Å²) in [6.07, 6.45) is 2.06. The lowest BCUT2D eigenvalue weighted by Crippen LogP contribution is -2.27. The number of aliphatic hydroxyl groups is 1. The summed E-state index contributed by atoms with van der Waals surface area (Å²) in [5.41, 5.74) is 5.43. The van der Waals surface area contributed by atoms with Crippen LogP contribution in [-0.2, 0) is 13.1 Å². The summed E-state index contributed by atoms with van der Waals surface area (Å²) in [4.78, 5) is 7.14. The Morgan fingerprint density at radius 1 is 0.815 bits per heavy atom. The smallest absolute Gasteiger partial charge is 0.137 e. The topological polar surface area (TPSA) is 40.8 Å². The first-order valence-electron chi connectivity index (χ1n) is 9.23. The molecule has 0 aliphatic heterocycles. The van der Waals surface area contributed by atoms with Gasteiger partial charge in [0, 0.05) is 31.4 Å². The Bertz CT molecular complexity index is 996. The number of aliphatic hydroxyl groups excluding tert-OH is 1. The molecule has 136 valence electrons. The summed E-state index contributed by atoms with van der Waals surface area (Å²) in [7, 11) is 0. The van der Waals surface area contributed by atoms with Crippen LogP contribution in [0.5, 0.6) is 0 Å².